The number of nitrogens with two attached hydrogens (primary N) is 2. The van der Waals surface area contributed by atoms with Gasteiger partial charge >= 0.3 is 6.09 Å². The number of carbonyl (C=O) groups is 4. The second-order valence-electron chi connectivity index (χ2n) is 7.71. The Labute approximate surface area is 198 Å². The summed E-state index contributed by atoms with van der Waals surface area (Å²) in [5.41, 5.74) is 11.3. The molecule has 0 saturated carbocycles. The van der Waals surface area contributed by atoms with Gasteiger partial charge in [0, 0.05) is 32.6 Å². The molecule has 12 nitrogen and oxygen atoms in total. The summed E-state index contributed by atoms with van der Waals surface area (Å²) in [4.78, 5) is 54.0. The first-order chi connectivity index (χ1) is 16.4. The van der Waals surface area contributed by atoms with Crippen LogP contribution >= 0.6 is 0 Å². The van der Waals surface area contributed by atoms with Crippen molar-refractivity contribution in [3.8, 4) is 0 Å². The second-order valence-corrected chi connectivity index (χ2v) is 7.71. The SMILES string of the molecule is NC(N)=NCCCC(=O)NCCCC1C(=O)NCCN1C(=O)CNC(=O)OCc1ccccc1. The van der Waals surface area contributed by atoms with Gasteiger partial charge in [-0.2, -0.15) is 0 Å². The zero-order valence-electron chi connectivity index (χ0n) is 19.1. The van der Waals surface area contributed by atoms with E-state index in [4.69, 9.17) is 16.2 Å². The standard InChI is InChI=1S/C22H33N7O5/c23-21(24)27-11-5-9-18(30)25-10-4-8-17-20(32)26-12-13-29(17)19(31)14-28-22(33)34-15-16-6-2-1-3-7-16/h1-3,6-7,17H,4-5,8-15H2,(H,25,30)(H,26,32)(H,28,33)(H4,23,24,27). The third kappa shape index (κ3) is 9.76. The maximum Gasteiger partial charge on any atom is 0.407 e. The van der Waals surface area contributed by atoms with Crippen molar-refractivity contribution in [3.63, 3.8) is 0 Å². The molecule has 0 bridgehead atoms. The van der Waals surface area contributed by atoms with Crippen LogP contribution in [0.3, 0.4) is 0 Å². The molecular formula is C22H33N7O5. The fraction of sp³-hybridized carbons (Fsp3) is 0.500. The molecule has 1 atom stereocenters. The number of guanidine groups is 1. The van der Waals surface area contributed by atoms with E-state index in [1.165, 1.54) is 4.90 Å². The number of carbonyl (C=O) groups excluding carboxylic acids is 4. The normalized spacial score (nSPS) is 15.1. The molecule has 186 valence electrons. The van der Waals surface area contributed by atoms with Crippen LogP contribution in [0.25, 0.3) is 0 Å². The molecule has 1 aromatic carbocycles. The summed E-state index contributed by atoms with van der Waals surface area (Å²) in [7, 11) is 0. The number of nitrogens with zero attached hydrogens (tertiary/aromatic N) is 2. The Balaban J connectivity index is 1.70. The lowest BCUT2D eigenvalue weighted by Gasteiger charge is -2.35. The first-order valence-corrected chi connectivity index (χ1v) is 11.2. The van der Waals surface area contributed by atoms with Crippen molar-refractivity contribution in [1.29, 1.82) is 0 Å². The molecule has 34 heavy (non-hydrogen) atoms. The number of nitrogens with one attached hydrogen (secondary N) is 3. The van der Waals surface area contributed by atoms with Gasteiger partial charge in [-0.25, -0.2) is 4.79 Å². The van der Waals surface area contributed by atoms with Crippen LogP contribution < -0.4 is 27.4 Å². The van der Waals surface area contributed by atoms with Crippen LogP contribution in [0.2, 0.25) is 0 Å². The fourth-order valence-corrected chi connectivity index (χ4v) is 3.38. The highest BCUT2D eigenvalue weighted by atomic mass is 16.5. The lowest BCUT2D eigenvalue weighted by atomic mass is 10.1. The Morgan fingerprint density at radius 1 is 1.15 bits per heavy atom. The number of piperazine rings is 1. The van der Waals surface area contributed by atoms with Crippen molar-refractivity contribution in [2.24, 2.45) is 16.5 Å². The van der Waals surface area contributed by atoms with E-state index in [0.29, 0.717) is 45.4 Å². The summed E-state index contributed by atoms with van der Waals surface area (Å²) in [6, 6.07) is 8.51. The van der Waals surface area contributed by atoms with Crippen molar-refractivity contribution in [2.75, 3.05) is 32.7 Å². The Kier molecular flexibility index (Phi) is 11.1. The number of alkyl carbamates (subject to hydrolysis) is 1. The molecule has 1 aromatic rings. The minimum atomic E-state index is -0.710. The quantitative estimate of drug-likeness (QED) is 0.149. The minimum Gasteiger partial charge on any atom is -0.445 e. The second kappa shape index (κ2) is 14.3. The smallest absolute Gasteiger partial charge is 0.407 e. The maximum atomic E-state index is 12.6. The zero-order valence-corrected chi connectivity index (χ0v) is 19.1. The molecule has 1 aliphatic heterocycles. The number of aliphatic imine (C=N–C) groups is 1. The van der Waals surface area contributed by atoms with Crippen molar-refractivity contribution in [3.05, 3.63) is 35.9 Å². The molecule has 1 heterocycles. The van der Waals surface area contributed by atoms with E-state index >= 15 is 0 Å². The van der Waals surface area contributed by atoms with Crippen LogP contribution in [0.4, 0.5) is 4.79 Å². The van der Waals surface area contributed by atoms with E-state index in [0.717, 1.165) is 5.56 Å². The summed E-state index contributed by atoms with van der Waals surface area (Å²) in [6.07, 6.45) is 0.992. The van der Waals surface area contributed by atoms with Crippen LogP contribution in [-0.4, -0.2) is 73.4 Å². The van der Waals surface area contributed by atoms with Gasteiger partial charge in [-0.3, -0.25) is 19.4 Å². The Morgan fingerprint density at radius 2 is 1.91 bits per heavy atom. The van der Waals surface area contributed by atoms with Gasteiger partial charge in [0.15, 0.2) is 5.96 Å². The molecule has 4 amide bonds. The summed E-state index contributed by atoms with van der Waals surface area (Å²) < 4.78 is 5.10. The first-order valence-electron chi connectivity index (χ1n) is 11.2. The number of benzene rings is 1. The first kappa shape index (κ1) is 26.4. The predicted octanol–water partition coefficient (Wildman–Crippen LogP) is -0.810. The molecule has 1 fully saturated rings. The molecule has 0 radical (unpaired) electrons. The highest BCUT2D eigenvalue weighted by Gasteiger charge is 2.32. The predicted molar refractivity (Wildman–Crippen MR) is 125 cm³/mol. The third-order valence-electron chi connectivity index (χ3n) is 5.08. The van der Waals surface area contributed by atoms with Gasteiger partial charge in [-0.15, -0.1) is 0 Å². The van der Waals surface area contributed by atoms with E-state index in [2.05, 4.69) is 20.9 Å². The van der Waals surface area contributed by atoms with Crippen molar-refractivity contribution in [2.45, 2.75) is 38.3 Å². The lowest BCUT2D eigenvalue weighted by molar-refractivity contribution is -0.142. The molecule has 1 aliphatic rings. The summed E-state index contributed by atoms with van der Waals surface area (Å²) in [5.74, 6) is -0.773. The molecular weight excluding hydrogens is 442 g/mol. The molecule has 0 aliphatic carbocycles. The van der Waals surface area contributed by atoms with Crippen LogP contribution in [-0.2, 0) is 25.7 Å². The van der Waals surface area contributed by atoms with E-state index in [1.807, 2.05) is 30.3 Å². The summed E-state index contributed by atoms with van der Waals surface area (Å²) >= 11 is 0. The van der Waals surface area contributed by atoms with E-state index in [-0.39, 0.29) is 43.3 Å². The van der Waals surface area contributed by atoms with Crippen molar-refractivity contribution < 1.29 is 23.9 Å². The Bertz CT molecular complexity index is 858. The average Bonchev–Trinajstić information content (AvgIpc) is 2.83. The fourth-order valence-electron chi connectivity index (χ4n) is 3.38. The van der Waals surface area contributed by atoms with Crippen LogP contribution in [0, 0.1) is 0 Å². The van der Waals surface area contributed by atoms with Gasteiger partial charge in [0.05, 0.1) is 0 Å². The average molecular weight is 476 g/mol. The Morgan fingerprint density at radius 3 is 2.65 bits per heavy atom. The highest BCUT2D eigenvalue weighted by Crippen LogP contribution is 2.11. The Hall–Kier alpha value is -3.83. The van der Waals surface area contributed by atoms with Gasteiger partial charge in [-0.05, 0) is 24.8 Å². The largest absolute Gasteiger partial charge is 0.445 e. The summed E-state index contributed by atoms with van der Waals surface area (Å²) in [5, 5.41) is 7.96. The molecule has 0 spiro atoms. The molecule has 2 rings (SSSR count). The third-order valence-corrected chi connectivity index (χ3v) is 5.08. The molecule has 0 aromatic heterocycles. The molecule has 7 N–H and O–H groups in total. The lowest BCUT2D eigenvalue weighted by Crippen LogP contribution is -2.58. The molecule has 1 unspecified atom stereocenters. The van der Waals surface area contributed by atoms with Gasteiger partial charge < -0.3 is 37.1 Å². The van der Waals surface area contributed by atoms with Gasteiger partial charge in [0.25, 0.3) is 0 Å². The monoisotopic (exact) mass is 475 g/mol. The molecule has 1 saturated heterocycles. The number of amides is 4. The van der Waals surface area contributed by atoms with Crippen LogP contribution in [0.15, 0.2) is 35.3 Å². The topological polar surface area (TPSA) is 181 Å². The van der Waals surface area contributed by atoms with Gasteiger partial charge in [0.1, 0.15) is 19.2 Å². The maximum absolute atomic E-state index is 12.6. The van der Waals surface area contributed by atoms with E-state index < -0.39 is 12.1 Å². The van der Waals surface area contributed by atoms with Crippen molar-refractivity contribution >= 4 is 29.8 Å². The van der Waals surface area contributed by atoms with Crippen LogP contribution in [0.5, 0.6) is 0 Å². The summed E-state index contributed by atoms with van der Waals surface area (Å²) in [6.45, 7) is 1.25. The molecule has 12 heteroatoms. The van der Waals surface area contributed by atoms with Gasteiger partial charge in [0.2, 0.25) is 17.7 Å². The number of ether oxygens (including phenoxy) is 1. The van der Waals surface area contributed by atoms with Crippen molar-refractivity contribution in [1.82, 2.24) is 20.9 Å². The minimum absolute atomic E-state index is 0.00968. The van der Waals surface area contributed by atoms with Gasteiger partial charge in [-0.1, -0.05) is 30.3 Å². The van der Waals surface area contributed by atoms with E-state index in [1.54, 1.807) is 0 Å². The van der Waals surface area contributed by atoms with Crippen LogP contribution in [0.1, 0.15) is 31.2 Å². The van der Waals surface area contributed by atoms with E-state index in [9.17, 15) is 19.2 Å². The zero-order chi connectivity index (χ0) is 24.8. The number of hydrogen-bond acceptors (Lipinski definition) is 6. The highest BCUT2D eigenvalue weighted by molar-refractivity contribution is 5.90. The number of rotatable bonds is 12. The number of hydrogen-bond donors (Lipinski definition) is 5.